The molecule has 4 aromatic heterocycles. The number of thiazole rings is 1. The van der Waals surface area contributed by atoms with Gasteiger partial charge < -0.3 is 9.84 Å². The Hall–Kier alpha value is -4.25. The molecule has 0 fully saturated rings. The summed E-state index contributed by atoms with van der Waals surface area (Å²) in [4.78, 5) is 31.4. The Morgan fingerprint density at radius 1 is 1.05 bits per heavy atom. The van der Waals surface area contributed by atoms with E-state index in [0.29, 0.717) is 22.1 Å². The van der Waals surface area contributed by atoms with E-state index < -0.39 is 17.7 Å². The fraction of sp³-hybridized carbons (Fsp3) is 0.250. The molecule has 0 saturated carbocycles. The van der Waals surface area contributed by atoms with Crippen LogP contribution in [0.4, 0.5) is 0 Å². The van der Waals surface area contributed by atoms with Crippen LogP contribution in [0.1, 0.15) is 43.7 Å². The van der Waals surface area contributed by atoms with Crippen molar-refractivity contribution in [2.24, 2.45) is 7.05 Å². The SMILES string of the molecule is Cc1cc2nc(-c3ccnc(-c4ncc5c(n4)c(C)nn5C)c3)sc2c(-c2ccc(Cl)cc2)c1[C@H](OC(C)(C)C)C(=O)O. The van der Waals surface area contributed by atoms with E-state index in [0.717, 1.165) is 54.2 Å². The smallest absolute Gasteiger partial charge is 0.337 e. The number of rotatable bonds is 6. The molecule has 6 aromatic rings. The van der Waals surface area contributed by atoms with Gasteiger partial charge in [-0.3, -0.25) is 9.67 Å². The summed E-state index contributed by atoms with van der Waals surface area (Å²) < 4.78 is 8.74. The monoisotopic (exact) mass is 612 g/mol. The van der Waals surface area contributed by atoms with Crippen molar-refractivity contribution < 1.29 is 14.6 Å². The topological polar surface area (TPSA) is 116 Å². The first-order valence-corrected chi connectivity index (χ1v) is 14.8. The largest absolute Gasteiger partial charge is 0.479 e. The number of nitrogens with zero attached hydrogens (tertiary/aromatic N) is 6. The Balaban J connectivity index is 1.53. The molecule has 6 rings (SSSR count). The minimum atomic E-state index is -1.18. The highest BCUT2D eigenvalue weighted by Crippen LogP contribution is 2.44. The summed E-state index contributed by atoms with van der Waals surface area (Å²) in [7, 11) is 1.86. The number of hydrogen-bond acceptors (Lipinski definition) is 8. The lowest BCUT2D eigenvalue weighted by Gasteiger charge is -2.28. The summed E-state index contributed by atoms with van der Waals surface area (Å²) in [5.74, 6) is -0.563. The zero-order chi connectivity index (χ0) is 30.6. The van der Waals surface area contributed by atoms with Crippen molar-refractivity contribution in [3.05, 3.63) is 76.7 Å². The van der Waals surface area contributed by atoms with E-state index in [1.165, 1.54) is 11.3 Å². The average molecular weight is 613 g/mol. The second-order valence-corrected chi connectivity index (χ2v) is 12.8. The Labute approximate surface area is 257 Å². The van der Waals surface area contributed by atoms with Crippen molar-refractivity contribution in [2.45, 2.75) is 46.3 Å². The van der Waals surface area contributed by atoms with Gasteiger partial charge in [-0.15, -0.1) is 11.3 Å². The maximum absolute atomic E-state index is 12.6. The number of halogens is 1. The zero-order valence-electron chi connectivity index (χ0n) is 24.5. The van der Waals surface area contributed by atoms with Crippen molar-refractivity contribution in [3.63, 3.8) is 0 Å². The minimum absolute atomic E-state index is 0.496. The van der Waals surface area contributed by atoms with Crippen LogP contribution in [0.25, 0.3) is 54.5 Å². The number of fused-ring (bicyclic) bond motifs is 2. The van der Waals surface area contributed by atoms with E-state index in [9.17, 15) is 9.90 Å². The van der Waals surface area contributed by atoms with Crippen LogP contribution < -0.4 is 0 Å². The van der Waals surface area contributed by atoms with Crippen LogP contribution in [-0.4, -0.2) is 46.4 Å². The molecular weight excluding hydrogens is 584 g/mol. The Morgan fingerprint density at radius 2 is 1.79 bits per heavy atom. The fourth-order valence-corrected chi connectivity index (χ4v) is 6.42. The molecule has 9 nitrogen and oxygen atoms in total. The first-order valence-electron chi connectivity index (χ1n) is 13.6. The maximum atomic E-state index is 12.6. The highest BCUT2D eigenvalue weighted by atomic mass is 35.5. The summed E-state index contributed by atoms with van der Waals surface area (Å²) in [5, 5.41) is 16.1. The van der Waals surface area contributed by atoms with Gasteiger partial charge in [0, 0.05) is 35.0 Å². The molecule has 1 atom stereocenters. The molecule has 0 spiro atoms. The van der Waals surface area contributed by atoms with Crippen molar-refractivity contribution in [1.29, 1.82) is 0 Å². The number of carboxylic acid groups (broad SMARTS) is 1. The molecule has 11 heteroatoms. The van der Waals surface area contributed by atoms with Gasteiger partial charge in [-0.1, -0.05) is 23.7 Å². The standard InChI is InChI=1S/C32H29ClN6O3S/c1-16-13-21-28(25(18-7-9-20(33)10-8-18)24(16)27(31(40)41)42-32(3,4)5)43-30(36-21)19-11-12-34-22(14-19)29-35-15-23-26(37-29)17(2)38-39(23)6/h7-15,27H,1-6H3,(H,40,41)/t27-/m0/s1. The van der Waals surface area contributed by atoms with E-state index in [-0.39, 0.29) is 0 Å². The predicted octanol–water partition coefficient (Wildman–Crippen LogP) is 7.58. The molecular formula is C32H29ClN6O3S. The summed E-state index contributed by atoms with van der Waals surface area (Å²) in [6.07, 6.45) is 2.29. The molecule has 2 aromatic carbocycles. The highest BCUT2D eigenvalue weighted by molar-refractivity contribution is 7.22. The van der Waals surface area contributed by atoms with E-state index in [1.54, 1.807) is 29.2 Å². The number of pyridine rings is 1. The molecule has 4 heterocycles. The van der Waals surface area contributed by atoms with Crippen molar-refractivity contribution in [2.75, 3.05) is 0 Å². The van der Waals surface area contributed by atoms with Gasteiger partial charge in [-0.05, 0) is 76.1 Å². The van der Waals surface area contributed by atoms with Crippen LogP contribution in [0.15, 0.2) is 54.9 Å². The summed E-state index contributed by atoms with van der Waals surface area (Å²) in [5.41, 5.74) is 6.94. The first kappa shape index (κ1) is 28.9. The van der Waals surface area contributed by atoms with Gasteiger partial charge in [-0.25, -0.2) is 19.7 Å². The normalized spacial score (nSPS) is 12.7. The van der Waals surface area contributed by atoms with Crippen molar-refractivity contribution in [3.8, 4) is 33.2 Å². The second kappa shape index (κ2) is 10.8. The van der Waals surface area contributed by atoms with Crippen LogP contribution in [0.3, 0.4) is 0 Å². The third-order valence-corrected chi connectivity index (χ3v) is 8.41. The number of carbonyl (C=O) groups is 1. The number of aryl methyl sites for hydroxylation is 3. The molecule has 0 saturated heterocycles. The number of carboxylic acids is 1. The molecule has 0 bridgehead atoms. The lowest BCUT2D eigenvalue weighted by Crippen LogP contribution is -2.28. The average Bonchev–Trinajstić information content (AvgIpc) is 3.51. The van der Waals surface area contributed by atoms with E-state index in [4.69, 9.17) is 26.3 Å². The van der Waals surface area contributed by atoms with Crippen LogP contribution in [0.2, 0.25) is 5.02 Å². The highest BCUT2D eigenvalue weighted by Gasteiger charge is 2.32. The number of aliphatic carboxylic acids is 1. The molecule has 0 amide bonds. The van der Waals surface area contributed by atoms with Gasteiger partial charge in [0.1, 0.15) is 21.7 Å². The molecule has 0 aliphatic rings. The first-order chi connectivity index (χ1) is 20.4. The molecule has 1 N–H and O–H groups in total. The van der Waals surface area contributed by atoms with Crippen LogP contribution in [0, 0.1) is 13.8 Å². The third-order valence-electron chi connectivity index (χ3n) is 7.02. The van der Waals surface area contributed by atoms with Crippen LogP contribution in [0.5, 0.6) is 0 Å². The van der Waals surface area contributed by atoms with Crippen molar-refractivity contribution in [1.82, 2.24) is 29.7 Å². The van der Waals surface area contributed by atoms with Crippen LogP contribution in [-0.2, 0) is 16.6 Å². The zero-order valence-corrected chi connectivity index (χ0v) is 26.1. The van der Waals surface area contributed by atoms with Gasteiger partial charge >= 0.3 is 5.97 Å². The van der Waals surface area contributed by atoms with E-state index in [2.05, 4.69) is 15.1 Å². The Bertz CT molecular complexity index is 2030. The van der Waals surface area contributed by atoms with Gasteiger partial charge in [0.05, 0.1) is 27.7 Å². The van der Waals surface area contributed by atoms with Gasteiger partial charge in [0.2, 0.25) is 0 Å². The number of aromatic nitrogens is 6. The summed E-state index contributed by atoms with van der Waals surface area (Å²) >= 11 is 7.71. The van der Waals surface area contributed by atoms with Gasteiger partial charge in [0.15, 0.2) is 11.9 Å². The summed E-state index contributed by atoms with van der Waals surface area (Å²) in [6, 6.07) is 13.1. The second-order valence-electron chi connectivity index (χ2n) is 11.4. The maximum Gasteiger partial charge on any atom is 0.337 e. The summed E-state index contributed by atoms with van der Waals surface area (Å²) in [6.45, 7) is 9.36. The van der Waals surface area contributed by atoms with E-state index >= 15 is 0 Å². The molecule has 218 valence electrons. The van der Waals surface area contributed by atoms with Gasteiger partial charge in [0.25, 0.3) is 0 Å². The number of hydrogen-bond donors (Lipinski definition) is 1. The number of ether oxygens (including phenoxy) is 1. The molecule has 0 aliphatic heterocycles. The number of benzene rings is 2. The Kier molecular flexibility index (Phi) is 7.24. The van der Waals surface area contributed by atoms with E-state index in [1.807, 2.05) is 72.0 Å². The lowest BCUT2D eigenvalue weighted by atomic mass is 9.91. The molecule has 0 radical (unpaired) electrons. The molecule has 0 aliphatic carbocycles. The Morgan fingerprint density at radius 3 is 2.49 bits per heavy atom. The van der Waals surface area contributed by atoms with Crippen molar-refractivity contribution >= 4 is 50.2 Å². The quantitative estimate of drug-likeness (QED) is 0.205. The molecule has 0 unspecified atom stereocenters. The predicted molar refractivity (Wildman–Crippen MR) is 169 cm³/mol. The van der Waals surface area contributed by atoms with Gasteiger partial charge in [-0.2, -0.15) is 5.10 Å². The molecule has 43 heavy (non-hydrogen) atoms. The minimum Gasteiger partial charge on any atom is -0.479 e. The third kappa shape index (κ3) is 5.49. The van der Waals surface area contributed by atoms with Crippen LogP contribution >= 0.6 is 22.9 Å². The lowest BCUT2D eigenvalue weighted by molar-refractivity contribution is -0.160. The fourth-order valence-electron chi connectivity index (χ4n) is 5.18.